The minimum absolute atomic E-state index is 0.0257. The van der Waals surface area contributed by atoms with E-state index in [-0.39, 0.29) is 17.4 Å². The van der Waals surface area contributed by atoms with Crippen molar-refractivity contribution < 1.29 is 13.5 Å². The predicted molar refractivity (Wildman–Crippen MR) is 85.6 cm³/mol. The quantitative estimate of drug-likeness (QED) is 0.671. The van der Waals surface area contributed by atoms with Gasteiger partial charge in [0.05, 0.1) is 11.0 Å². The molecule has 1 aromatic carbocycles. The van der Waals surface area contributed by atoms with Gasteiger partial charge in [0.1, 0.15) is 0 Å². The lowest BCUT2D eigenvalue weighted by Gasteiger charge is -2.21. The zero-order valence-corrected chi connectivity index (χ0v) is 14.0. The number of hydrogen-bond donors (Lipinski definition) is 3. The zero-order chi connectivity index (χ0) is 16.2. The molecule has 0 aliphatic carbocycles. The lowest BCUT2D eigenvalue weighted by Crippen LogP contribution is -2.36. The molecule has 5 nitrogen and oxygen atoms in total. The molecule has 6 heteroatoms. The van der Waals surface area contributed by atoms with Crippen molar-refractivity contribution >= 4 is 15.7 Å². The molecule has 120 valence electrons. The number of aliphatic hydroxyl groups is 1. The van der Waals surface area contributed by atoms with E-state index in [1.165, 1.54) is 0 Å². The largest absolute Gasteiger partial charge is 0.399 e. The topological polar surface area (TPSA) is 92.4 Å². The van der Waals surface area contributed by atoms with E-state index < -0.39 is 16.1 Å². The van der Waals surface area contributed by atoms with Gasteiger partial charge in [-0.25, -0.2) is 13.1 Å². The maximum Gasteiger partial charge on any atom is 0.241 e. The molecule has 0 fully saturated rings. The molecule has 0 aromatic heterocycles. The number of rotatable bonds is 7. The van der Waals surface area contributed by atoms with E-state index >= 15 is 0 Å². The van der Waals surface area contributed by atoms with Crippen LogP contribution >= 0.6 is 0 Å². The number of benzene rings is 1. The predicted octanol–water partition coefficient (Wildman–Crippen LogP) is 1.96. The molecule has 0 saturated carbocycles. The van der Waals surface area contributed by atoms with E-state index in [0.717, 1.165) is 12.8 Å². The molecule has 0 aliphatic heterocycles. The summed E-state index contributed by atoms with van der Waals surface area (Å²) in [6.07, 6.45) is 0.961. The number of nitrogens with one attached hydrogen (secondary N) is 1. The van der Waals surface area contributed by atoms with E-state index in [1.54, 1.807) is 26.0 Å². The molecule has 21 heavy (non-hydrogen) atoms. The van der Waals surface area contributed by atoms with Crippen molar-refractivity contribution in [3.8, 4) is 0 Å². The van der Waals surface area contributed by atoms with Gasteiger partial charge in [-0.15, -0.1) is 0 Å². The lowest BCUT2D eigenvalue weighted by atomic mass is 9.97. The number of anilines is 1. The summed E-state index contributed by atoms with van der Waals surface area (Å²) in [4.78, 5) is 0.244. The second-order valence-electron chi connectivity index (χ2n) is 5.48. The first-order chi connectivity index (χ1) is 9.72. The monoisotopic (exact) mass is 314 g/mol. The molecule has 0 radical (unpaired) electrons. The van der Waals surface area contributed by atoms with Crippen LogP contribution in [0.3, 0.4) is 0 Å². The van der Waals surface area contributed by atoms with Gasteiger partial charge in [-0.3, -0.25) is 0 Å². The minimum atomic E-state index is -3.65. The highest BCUT2D eigenvalue weighted by Crippen LogP contribution is 2.23. The molecule has 1 atom stereocenters. The van der Waals surface area contributed by atoms with Crippen molar-refractivity contribution in [2.75, 3.05) is 12.3 Å². The maximum absolute atomic E-state index is 12.4. The summed E-state index contributed by atoms with van der Waals surface area (Å²) in [5, 5.41) is 10.1. The average Bonchev–Trinajstić information content (AvgIpc) is 2.36. The first-order valence-electron chi connectivity index (χ1n) is 7.27. The Kier molecular flexibility index (Phi) is 6.19. The number of sulfonamides is 1. The molecule has 0 spiro atoms. The molecule has 1 unspecified atom stereocenters. The molecule has 1 rings (SSSR count). The van der Waals surface area contributed by atoms with E-state index in [2.05, 4.69) is 4.72 Å². The number of hydrogen-bond acceptors (Lipinski definition) is 4. The van der Waals surface area contributed by atoms with Crippen LogP contribution in [0.1, 0.15) is 37.8 Å². The molecule has 0 aliphatic rings. The van der Waals surface area contributed by atoms with Gasteiger partial charge in [-0.2, -0.15) is 0 Å². The second kappa shape index (κ2) is 7.24. The SMILES string of the molecule is CCC(CC)C(O)CNS(=O)(=O)c1c(C)cc(N)cc1C. The highest BCUT2D eigenvalue weighted by molar-refractivity contribution is 7.89. The van der Waals surface area contributed by atoms with Crippen LogP contribution in [-0.4, -0.2) is 26.2 Å². The molecular weight excluding hydrogens is 288 g/mol. The van der Waals surface area contributed by atoms with Gasteiger partial charge in [0.25, 0.3) is 0 Å². The van der Waals surface area contributed by atoms with Crippen LogP contribution < -0.4 is 10.5 Å². The summed E-state index contributed by atoms with van der Waals surface area (Å²) in [5.41, 5.74) is 7.47. The molecule has 4 N–H and O–H groups in total. The van der Waals surface area contributed by atoms with Gasteiger partial charge >= 0.3 is 0 Å². The van der Waals surface area contributed by atoms with Crippen LogP contribution in [-0.2, 0) is 10.0 Å². The van der Waals surface area contributed by atoms with Crippen molar-refractivity contribution in [1.82, 2.24) is 4.72 Å². The molecule has 0 amide bonds. The average molecular weight is 314 g/mol. The second-order valence-corrected chi connectivity index (χ2v) is 7.18. The molecular formula is C15H26N2O3S. The summed E-state index contributed by atoms with van der Waals surface area (Å²) < 4.78 is 27.4. The van der Waals surface area contributed by atoms with Gasteiger partial charge in [0, 0.05) is 12.2 Å². The molecule has 0 bridgehead atoms. The number of aliphatic hydroxyl groups excluding tert-OH is 1. The molecule has 0 heterocycles. The van der Waals surface area contributed by atoms with Gasteiger partial charge in [-0.05, 0) is 43.0 Å². The Bertz CT molecular complexity index is 558. The molecule has 0 saturated heterocycles. The van der Waals surface area contributed by atoms with E-state index in [4.69, 9.17) is 5.73 Å². The summed E-state index contributed by atoms with van der Waals surface area (Å²) in [6, 6.07) is 3.28. The third-order valence-electron chi connectivity index (χ3n) is 3.83. The maximum atomic E-state index is 12.4. The number of nitrogen functional groups attached to an aromatic ring is 1. The van der Waals surface area contributed by atoms with Gasteiger partial charge in [0.2, 0.25) is 10.0 Å². The van der Waals surface area contributed by atoms with Crippen LogP contribution in [0.15, 0.2) is 17.0 Å². The fraction of sp³-hybridized carbons (Fsp3) is 0.600. The third-order valence-corrected chi connectivity index (χ3v) is 5.55. The number of aryl methyl sites for hydroxylation is 2. The highest BCUT2D eigenvalue weighted by Gasteiger charge is 2.23. The Morgan fingerprint density at radius 2 is 1.67 bits per heavy atom. The van der Waals surface area contributed by atoms with Gasteiger partial charge < -0.3 is 10.8 Å². The Morgan fingerprint density at radius 3 is 2.10 bits per heavy atom. The Morgan fingerprint density at radius 1 is 1.19 bits per heavy atom. The van der Waals surface area contributed by atoms with Crippen molar-refractivity contribution in [3.05, 3.63) is 23.3 Å². The van der Waals surface area contributed by atoms with Crippen molar-refractivity contribution in [2.45, 2.75) is 51.5 Å². The Labute approximate surface area is 127 Å². The van der Waals surface area contributed by atoms with Crippen molar-refractivity contribution in [1.29, 1.82) is 0 Å². The smallest absolute Gasteiger partial charge is 0.241 e. The van der Waals surface area contributed by atoms with Crippen LogP contribution in [0.25, 0.3) is 0 Å². The minimum Gasteiger partial charge on any atom is -0.399 e. The van der Waals surface area contributed by atoms with Crippen LogP contribution in [0, 0.1) is 19.8 Å². The molecule has 1 aromatic rings. The van der Waals surface area contributed by atoms with Crippen molar-refractivity contribution in [3.63, 3.8) is 0 Å². The zero-order valence-electron chi connectivity index (χ0n) is 13.2. The first kappa shape index (κ1) is 17.9. The summed E-state index contributed by atoms with van der Waals surface area (Å²) in [5.74, 6) is 0.0984. The normalized spacial score (nSPS) is 13.6. The van der Waals surface area contributed by atoms with Crippen LogP contribution in [0.4, 0.5) is 5.69 Å². The first-order valence-corrected chi connectivity index (χ1v) is 8.75. The third kappa shape index (κ3) is 4.43. The van der Waals surface area contributed by atoms with E-state index in [9.17, 15) is 13.5 Å². The van der Waals surface area contributed by atoms with E-state index in [0.29, 0.717) is 16.8 Å². The van der Waals surface area contributed by atoms with Crippen molar-refractivity contribution in [2.24, 2.45) is 5.92 Å². The summed E-state index contributed by atoms with van der Waals surface area (Å²) >= 11 is 0. The van der Waals surface area contributed by atoms with Gasteiger partial charge in [0.15, 0.2) is 0 Å². The number of nitrogens with two attached hydrogens (primary N) is 1. The van der Waals surface area contributed by atoms with Crippen LogP contribution in [0.5, 0.6) is 0 Å². The highest BCUT2D eigenvalue weighted by atomic mass is 32.2. The summed E-state index contributed by atoms with van der Waals surface area (Å²) in [7, 11) is -3.65. The Balaban J connectivity index is 2.93. The standard InChI is InChI=1S/C15H26N2O3S/c1-5-12(6-2)14(18)9-17-21(19,20)15-10(3)7-13(16)8-11(15)4/h7-8,12,14,17-18H,5-6,9,16H2,1-4H3. The lowest BCUT2D eigenvalue weighted by molar-refractivity contribution is 0.107. The van der Waals surface area contributed by atoms with Crippen LogP contribution in [0.2, 0.25) is 0 Å². The fourth-order valence-corrected chi connectivity index (χ4v) is 4.17. The Hall–Kier alpha value is -1.11. The van der Waals surface area contributed by atoms with Gasteiger partial charge in [-0.1, -0.05) is 26.7 Å². The van der Waals surface area contributed by atoms with E-state index in [1.807, 2.05) is 13.8 Å². The summed E-state index contributed by atoms with van der Waals surface area (Å²) in [6.45, 7) is 7.43. The fourth-order valence-electron chi connectivity index (χ4n) is 2.67.